The Morgan fingerprint density at radius 3 is 2.56 bits per heavy atom. The molecule has 1 aromatic rings. The van der Waals surface area contributed by atoms with Crippen LogP contribution in [0.5, 0.6) is 5.75 Å². The number of alkyl halides is 1. The number of halogens is 1. The third-order valence-corrected chi connectivity index (χ3v) is 3.38. The van der Waals surface area contributed by atoms with Gasteiger partial charge in [-0.3, -0.25) is 4.79 Å². The molecule has 0 spiro atoms. The van der Waals surface area contributed by atoms with Crippen molar-refractivity contribution in [2.45, 2.75) is 18.2 Å². The highest BCUT2D eigenvalue weighted by atomic mass is 79.9. The molecule has 0 heterocycles. The van der Waals surface area contributed by atoms with Crippen molar-refractivity contribution in [2.75, 3.05) is 25.6 Å². The van der Waals surface area contributed by atoms with Crippen molar-refractivity contribution in [3.05, 3.63) is 24.3 Å². The Labute approximate surface area is 116 Å². The summed E-state index contributed by atoms with van der Waals surface area (Å²) < 4.78 is 10.3. The zero-order valence-corrected chi connectivity index (χ0v) is 12.2. The maximum absolute atomic E-state index is 11.6. The molecule has 0 aliphatic carbocycles. The minimum absolute atomic E-state index is 0.0365. The molecule has 1 atom stereocenters. The van der Waals surface area contributed by atoms with E-state index in [1.807, 2.05) is 31.2 Å². The van der Waals surface area contributed by atoms with Crippen LogP contribution in [0.15, 0.2) is 24.3 Å². The van der Waals surface area contributed by atoms with E-state index in [-0.39, 0.29) is 10.7 Å². The van der Waals surface area contributed by atoms with Gasteiger partial charge in [-0.05, 0) is 30.7 Å². The molecule has 0 aliphatic heterocycles. The summed E-state index contributed by atoms with van der Waals surface area (Å²) in [4.78, 5) is 11.5. The Morgan fingerprint density at radius 2 is 2.00 bits per heavy atom. The number of carbonyl (C=O) groups excluding carboxylic acids is 1. The number of anilines is 1. The van der Waals surface area contributed by atoms with Gasteiger partial charge in [0.1, 0.15) is 12.4 Å². The van der Waals surface area contributed by atoms with E-state index in [9.17, 15) is 4.79 Å². The number of methoxy groups -OCH3 is 1. The van der Waals surface area contributed by atoms with E-state index in [1.165, 1.54) is 0 Å². The van der Waals surface area contributed by atoms with Crippen molar-refractivity contribution >= 4 is 27.5 Å². The number of hydrogen-bond donors (Lipinski definition) is 1. The Hall–Kier alpha value is -1.07. The van der Waals surface area contributed by atoms with E-state index in [4.69, 9.17) is 9.47 Å². The monoisotopic (exact) mass is 315 g/mol. The van der Waals surface area contributed by atoms with E-state index in [2.05, 4.69) is 21.2 Å². The fourth-order valence-corrected chi connectivity index (χ4v) is 1.40. The van der Waals surface area contributed by atoms with Gasteiger partial charge in [0.15, 0.2) is 0 Å². The lowest BCUT2D eigenvalue weighted by atomic mass is 10.2. The third-order valence-electron chi connectivity index (χ3n) is 2.32. The molecular weight excluding hydrogens is 298 g/mol. The van der Waals surface area contributed by atoms with Crippen LogP contribution in [-0.4, -0.2) is 31.1 Å². The van der Waals surface area contributed by atoms with Crippen LogP contribution in [0.4, 0.5) is 5.69 Å². The molecule has 0 aromatic heterocycles. The molecule has 1 unspecified atom stereocenters. The van der Waals surface area contributed by atoms with E-state index >= 15 is 0 Å². The van der Waals surface area contributed by atoms with E-state index in [1.54, 1.807) is 7.11 Å². The molecule has 0 aliphatic rings. The summed E-state index contributed by atoms with van der Waals surface area (Å²) in [7, 11) is 1.63. The van der Waals surface area contributed by atoms with E-state index in [0.717, 1.165) is 17.9 Å². The molecule has 5 heteroatoms. The Morgan fingerprint density at radius 1 is 1.33 bits per heavy atom. The second-order valence-corrected chi connectivity index (χ2v) is 4.84. The van der Waals surface area contributed by atoms with Gasteiger partial charge < -0.3 is 14.8 Å². The molecule has 1 aromatic carbocycles. The highest BCUT2D eigenvalue weighted by Crippen LogP contribution is 2.17. The standard InChI is InChI=1S/C13H18BrNO3/c1-3-12(14)13(16)15-10-4-6-11(7-5-10)18-9-8-17-2/h4-7,12H,3,8-9H2,1-2H3,(H,15,16). The average molecular weight is 316 g/mol. The number of amides is 1. The normalized spacial score (nSPS) is 11.9. The first-order valence-corrected chi connectivity index (χ1v) is 6.75. The Balaban J connectivity index is 2.47. The number of ether oxygens (including phenoxy) is 2. The van der Waals surface area contributed by atoms with Crippen LogP contribution >= 0.6 is 15.9 Å². The van der Waals surface area contributed by atoms with Crippen LogP contribution in [-0.2, 0) is 9.53 Å². The summed E-state index contributed by atoms with van der Waals surface area (Å²) in [6.45, 7) is 3.02. The van der Waals surface area contributed by atoms with Crippen LogP contribution in [0.25, 0.3) is 0 Å². The zero-order chi connectivity index (χ0) is 13.4. The number of nitrogens with one attached hydrogen (secondary N) is 1. The average Bonchev–Trinajstić information content (AvgIpc) is 2.40. The van der Waals surface area contributed by atoms with Crippen molar-refractivity contribution in [3.63, 3.8) is 0 Å². The topological polar surface area (TPSA) is 47.6 Å². The zero-order valence-electron chi connectivity index (χ0n) is 10.6. The van der Waals surface area contributed by atoms with Crippen molar-refractivity contribution in [1.29, 1.82) is 0 Å². The molecule has 1 amide bonds. The van der Waals surface area contributed by atoms with E-state index < -0.39 is 0 Å². The third kappa shape index (κ3) is 5.06. The molecule has 1 rings (SSSR count). The first-order valence-electron chi connectivity index (χ1n) is 5.84. The number of benzene rings is 1. The minimum atomic E-state index is -0.157. The molecule has 1 N–H and O–H groups in total. The Bertz CT molecular complexity index is 367. The summed E-state index contributed by atoms with van der Waals surface area (Å²) in [5.74, 6) is 0.724. The van der Waals surface area contributed by atoms with Gasteiger partial charge >= 0.3 is 0 Å². The minimum Gasteiger partial charge on any atom is -0.491 e. The molecule has 0 saturated heterocycles. The van der Waals surface area contributed by atoms with Gasteiger partial charge in [0, 0.05) is 12.8 Å². The van der Waals surface area contributed by atoms with Crippen LogP contribution in [0, 0.1) is 0 Å². The van der Waals surface area contributed by atoms with Gasteiger partial charge in [-0.15, -0.1) is 0 Å². The fourth-order valence-electron chi connectivity index (χ4n) is 1.28. The van der Waals surface area contributed by atoms with Gasteiger partial charge in [0.2, 0.25) is 5.91 Å². The molecule has 18 heavy (non-hydrogen) atoms. The first kappa shape index (κ1) is 15.0. The number of rotatable bonds is 7. The van der Waals surface area contributed by atoms with Crippen LogP contribution in [0.3, 0.4) is 0 Å². The maximum Gasteiger partial charge on any atom is 0.238 e. The molecule has 0 radical (unpaired) electrons. The molecular formula is C13H18BrNO3. The van der Waals surface area contributed by atoms with Crippen LogP contribution in [0.1, 0.15) is 13.3 Å². The van der Waals surface area contributed by atoms with Crippen molar-refractivity contribution in [3.8, 4) is 5.75 Å². The maximum atomic E-state index is 11.6. The molecule has 4 nitrogen and oxygen atoms in total. The second kappa shape index (κ2) is 8.11. The summed E-state index contributed by atoms with van der Waals surface area (Å²) in [5, 5.41) is 2.82. The smallest absolute Gasteiger partial charge is 0.238 e. The van der Waals surface area contributed by atoms with Gasteiger partial charge in [-0.25, -0.2) is 0 Å². The summed E-state index contributed by atoms with van der Waals surface area (Å²) >= 11 is 3.31. The van der Waals surface area contributed by atoms with Gasteiger partial charge in [0.05, 0.1) is 11.4 Å². The summed E-state index contributed by atoms with van der Waals surface area (Å²) in [6, 6.07) is 7.27. The molecule has 0 saturated carbocycles. The second-order valence-electron chi connectivity index (χ2n) is 3.73. The van der Waals surface area contributed by atoms with Crippen LogP contribution in [0.2, 0.25) is 0 Å². The lowest BCUT2D eigenvalue weighted by Crippen LogP contribution is -2.21. The summed E-state index contributed by atoms with van der Waals surface area (Å²) in [5.41, 5.74) is 0.761. The van der Waals surface area contributed by atoms with Crippen LogP contribution < -0.4 is 10.1 Å². The SMILES string of the molecule is CCC(Br)C(=O)Nc1ccc(OCCOC)cc1. The molecule has 100 valence electrons. The van der Waals surface area contributed by atoms with E-state index in [0.29, 0.717) is 13.2 Å². The van der Waals surface area contributed by atoms with Gasteiger partial charge in [0.25, 0.3) is 0 Å². The number of carbonyl (C=O) groups is 1. The first-order chi connectivity index (χ1) is 8.67. The highest BCUT2D eigenvalue weighted by Gasteiger charge is 2.11. The van der Waals surface area contributed by atoms with Gasteiger partial charge in [-0.1, -0.05) is 22.9 Å². The van der Waals surface area contributed by atoms with Crippen molar-refractivity contribution in [1.82, 2.24) is 0 Å². The molecule has 0 bridgehead atoms. The molecule has 0 fully saturated rings. The Kier molecular flexibility index (Phi) is 6.75. The van der Waals surface area contributed by atoms with Gasteiger partial charge in [-0.2, -0.15) is 0 Å². The predicted molar refractivity (Wildman–Crippen MR) is 75.4 cm³/mol. The predicted octanol–water partition coefficient (Wildman–Crippen LogP) is 2.82. The quantitative estimate of drug-likeness (QED) is 0.621. The lowest BCUT2D eigenvalue weighted by molar-refractivity contribution is -0.115. The lowest BCUT2D eigenvalue weighted by Gasteiger charge is -2.10. The van der Waals surface area contributed by atoms with Crippen molar-refractivity contribution in [2.24, 2.45) is 0 Å². The largest absolute Gasteiger partial charge is 0.491 e. The fraction of sp³-hybridized carbons (Fsp3) is 0.462. The van der Waals surface area contributed by atoms with Crippen molar-refractivity contribution < 1.29 is 14.3 Å². The summed E-state index contributed by atoms with van der Waals surface area (Å²) in [6.07, 6.45) is 0.754. The number of hydrogen-bond acceptors (Lipinski definition) is 3. The highest BCUT2D eigenvalue weighted by molar-refractivity contribution is 9.10.